The molecule has 3 heterocycles. The summed E-state index contributed by atoms with van der Waals surface area (Å²) in [5.41, 5.74) is 0. The van der Waals surface area contributed by atoms with Crippen molar-refractivity contribution in [1.82, 2.24) is 0 Å². The van der Waals surface area contributed by atoms with Gasteiger partial charge < -0.3 is 59.4 Å². The number of rotatable bonds is 16. The van der Waals surface area contributed by atoms with E-state index in [1.807, 2.05) is 0 Å². The van der Waals surface area contributed by atoms with E-state index >= 15 is 0 Å². The van der Waals surface area contributed by atoms with Crippen molar-refractivity contribution in [3.05, 3.63) is 11.8 Å². The molecule has 0 radical (unpaired) electrons. The molecule has 13 atom stereocenters. The van der Waals surface area contributed by atoms with Crippen LogP contribution < -0.4 is 0 Å². The fourth-order valence-corrected chi connectivity index (χ4v) is 5.28. The third kappa shape index (κ3) is 9.50. The van der Waals surface area contributed by atoms with Crippen molar-refractivity contribution >= 4 is 30.6 Å². The highest BCUT2D eigenvalue weighted by molar-refractivity contribution is 7.90. The van der Waals surface area contributed by atoms with Crippen molar-refractivity contribution in [3.63, 3.8) is 0 Å². The first kappa shape index (κ1) is 36.5. The van der Waals surface area contributed by atoms with Gasteiger partial charge in [-0.1, -0.05) is 10.1 Å². The van der Waals surface area contributed by atoms with Crippen molar-refractivity contribution in [3.8, 4) is 0 Å². The molecule has 3 rings (SSSR count). The summed E-state index contributed by atoms with van der Waals surface area (Å²) in [5.74, 6) is -4.51. The van der Waals surface area contributed by atoms with Crippen molar-refractivity contribution < 1.29 is 102 Å². The predicted octanol–water partition coefficient (Wildman–Crippen LogP) is -2.79. The van der Waals surface area contributed by atoms with Gasteiger partial charge in [0.1, 0.15) is 30.5 Å². The summed E-state index contributed by atoms with van der Waals surface area (Å²) >= 11 is 0.229. The number of hydrogen-bond donors (Lipinski definition) is 9. The molecule has 3 aliphatic rings. The molecule has 0 spiro atoms. The molecule has 21 nitrogen and oxygen atoms in total. The maximum Gasteiger partial charge on any atom is 0.371 e. The van der Waals surface area contributed by atoms with Crippen LogP contribution in [0.25, 0.3) is 0 Å². The minimum atomic E-state index is -1.71. The summed E-state index contributed by atoms with van der Waals surface area (Å²) in [6.07, 6.45) is -15.3. The van der Waals surface area contributed by atoms with Crippen LogP contribution in [0.4, 0.5) is 0 Å². The topological polar surface area (TPSA) is 301 Å². The van der Waals surface area contributed by atoms with Crippen molar-refractivity contribution in [1.29, 1.82) is 0 Å². The van der Waals surface area contributed by atoms with Gasteiger partial charge in [0.15, 0.2) is 43.3 Å². The van der Waals surface area contributed by atoms with Gasteiger partial charge >= 0.3 is 5.97 Å². The van der Waals surface area contributed by atoms with Crippen LogP contribution in [-0.2, 0) is 55.6 Å². The first-order valence-electron chi connectivity index (χ1n) is 12.3. The van der Waals surface area contributed by atoms with E-state index < -0.39 is 111 Å². The Morgan fingerprint density at radius 1 is 0.860 bits per heavy atom. The molecule has 5 unspecified atom stereocenters. The molecule has 43 heavy (non-hydrogen) atoms. The molecule has 23 heteroatoms. The Morgan fingerprint density at radius 3 is 2.07 bits per heavy atom. The van der Waals surface area contributed by atoms with Crippen LogP contribution in [-0.4, -0.2) is 140 Å². The molecule has 0 aliphatic carbocycles. The van der Waals surface area contributed by atoms with Crippen LogP contribution in [0.3, 0.4) is 0 Å². The predicted molar refractivity (Wildman–Crippen MR) is 130 cm³/mol. The van der Waals surface area contributed by atoms with Gasteiger partial charge in [0.2, 0.25) is 12.0 Å². The summed E-state index contributed by atoms with van der Waals surface area (Å²) < 4.78 is 46.0. The van der Waals surface area contributed by atoms with E-state index in [4.69, 9.17) is 47.7 Å². The molecule has 0 saturated carbocycles. The third-order valence-electron chi connectivity index (χ3n) is 6.71. The van der Waals surface area contributed by atoms with Crippen LogP contribution in [0.2, 0.25) is 0 Å². The average Bonchev–Trinajstić information content (AvgIpc) is 2.97. The number of aliphatic carboxylic acids is 1. The summed E-state index contributed by atoms with van der Waals surface area (Å²) in [6, 6.07) is 0. The molecule has 9 N–H and O–H groups in total. The van der Waals surface area contributed by atoms with E-state index in [0.717, 1.165) is 6.08 Å². The van der Waals surface area contributed by atoms with E-state index in [1.54, 1.807) is 0 Å². The number of carbonyl (C=O) groups is 1. The summed E-state index contributed by atoms with van der Waals surface area (Å²) in [4.78, 5) is 11.3. The Kier molecular flexibility index (Phi) is 14.9. The standard InChI is InChI=1S/C20H32O21S2/c1-6-15(36-42-40-38-29)14(25)16(37-43-41-39-30)20(33-6)32-4-7-8(18(28)34-11(3-21)12(7)23)5-31-19-13(24)9(22)2-10(35-19)17(26)27/h2,6-9,11-16,18-25,28-30H,3-5H2,1H3,(H,26,27)/t6?,7-,8?,9+,11?,12-,13?,14-,15-,16?,18-,19+,20+/m0/s1. The highest BCUT2D eigenvalue weighted by atomic mass is 32.2. The Morgan fingerprint density at radius 2 is 1.47 bits per heavy atom. The maximum absolute atomic E-state index is 11.3. The van der Waals surface area contributed by atoms with Crippen LogP contribution >= 0.6 is 24.6 Å². The maximum atomic E-state index is 11.3. The van der Waals surface area contributed by atoms with E-state index in [2.05, 4.69) is 18.7 Å². The summed E-state index contributed by atoms with van der Waals surface area (Å²) in [6.45, 7) is -0.264. The van der Waals surface area contributed by atoms with Crippen LogP contribution in [0, 0.1) is 11.8 Å². The minimum Gasteiger partial charge on any atom is -0.475 e. The molecular weight excluding hydrogens is 640 g/mol. The molecule has 2 saturated heterocycles. The van der Waals surface area contributed by atoms with Gasteiger partial charge in [0.05, 0.1) is 32.0 Å². The second-order valence-electron chi connectivity index (χ2n) is 9.28. The van der Waals surface area contributed by atoms with Gasteiger partial charge in [0, 0.05) is 11.8 Å². The highest BCUT2D eigenvalue weighted by Crippen LogP contribution is 2.35. The summed E-state index contributed by atoms with van der Waals surface area (Å²) in [7, 11) is 0. The molecule has 250 valence electrons. The molecule has 0 aromatic rings. The van der Waals surface area contributed by atoms with E-state index in [9.17, 15) is 35.4 Å². The van der Waals surface area contributed by atoms with Crippen molar-refractivity contribution in [2.45, 2.75) is 74.6 Å². The first-order valence-corrected chi connectivity index (χ1v) is 13.6. The Balaban J connectivity index is 1.73. The second-order valence-corrected chi connectivity index (χ2v) is 10.2. The minimum absolute atomic E-state index is 0.0749. The zero-order valence-corrected chi connectivity index (χ0v) is 23.6. The van der Waals surface area contributed by atoms with Gasteiger partial charge in [0.25, 0.3) is 0 Å². The lowest BCUT2D eigenvalue weighted by atomic mass is 9.83. The largest absolute Gasteiger partial charge is 0.475 e. The Hall–Kier alpha value is -1.01. The van der Waals surface area contributed by atoms with E-state index in [1.165, 1.54) is 6.92 Å². The third-order valence-corrected chi connectivity index (χ3v) is 7.55. The number of aliphatic hydroxyl groups excluding tert-OH is 6. The Bertz CT molecular complexity index is 886. The molecule has 0 amide bonds. The molecule has 3 aliphatic heterocycles. The van der Waals surface area contributed by atoms with Crippen LogP contribution in [0.15, 0.2) is 11.8 Å². The SMILES string of the molecule is CC1O[C@@H](OC[C@H]2C(CO[C@@H]3OC(C(=O)O)=C[C@@H](O)C3O)[C@@H](O)OC(CO)[C@H]2O)C(OSOOO)[C@@H](O)[C@H]1OSOOO. The van der Waals surface area contributed by atoms with Crippen molar-refractivity contribution in [2.75, 3.05) is 19.8 Å². The van der Waals surface area contributed by atoms with E-state index in [0.29, 0.717) is 0 Å². The quantitative estimate of drug-likeness (QED) is 0.0346. The highest BCUT2D eigenvalue weighted by Gasteiger charge is 2.50. The van der Waals surface area contributed by atoms with Gasteiger partial charge in [-0.2, -0.15) is 0 Å². The van der Waals surface area contributed by atoms with Crippen LogP contribution in [0.1, 0.15) is 6.92 Å². The number of ether oxygens (including phenoxy) is 5. The number of carboxylic acid groups (broad SMARTS) is 1. The zero-order valence-electron chi connectivity index (χ0n) is 21.9. The molecule has 0 bridgehead atoms. The molecule has 0 aromatic carbocycles. The molecule has 0 aromatic heterocycles. The van der Waals surface area contributed by atoms with Crippen molar-refractivity contribution in [2.24, 2.45) is 11.8 Å². The average molecular weight is 673 g/mol. The smallest absolute Gasteiger partial charge is 0.371 e. The van der Waals surface area contributed by atoms with Gasteiger partial charge in [-0.3, -0.25) is 8.37 Å². The zero-order chi connectivity index (χ0) is 31.7. The fraction of sp³-hybridized carbons (Fsp3) is 0.850. The van der Waals surface area contributed by atoms with Gasteiger partial charge in [-0.15, -0.1) is 8.67 Å². The normalized spacial score (nSPS) is 40.1. The lowest BCUT2D eigenvalue weighted by Crippen LogP contribution is -2.60. The van der Waals surface area contributed by atoms with E-state index in [-0.39, 0.29) is 24.6 Å². The monoisotopic (exact) mass is 672 g/mol. The first-order chi connectivity index (χ1) is 20.5. The summed E-state index contributed by atoms with van der Waals surface area (Å²) in [5, 5.41) is 94.9. The number of hydrogen-bond acceptors (Lipinski definition) is 22. The van der Waals surface area contributed by atoms with Gasteiger partial charge in [-0.25, -0.2) is 15.3 Å². The lowest BCUT2D eigenvalue weighted by Gasteiger charge is -2.45. The number of aliphatic hydroxyl groups is 6. The molecular formula is C20H32O21S2. The van der Waals surface area contributed by atoms with Crippen LogP contribution in [0.5, 0.6) is 0 Å². The Labute approximate surface area is 250 Å². The number of carboxylic acids is 1. The van der Waals surface area contributed by atoms with Gasteiger partial charge in [-0.05, 0) is 13.0 Å². The second kappa shape index (κ2) is 17.6. The molecule has 2 fully saturated rings. The lowest BCUT2D eigenvalue weighted by molar-refractivity contribution is -0.435. The fourth-order valence-electron chi connectivity index (χ4n) is 4.51.